The van der Waals surface area contributed by atoms with Crippen molar-refractivity contribution in [3.8, 4) is 0 Å². The lowest BCUT2D eigenvalue weighted by atomic mass is 10.2. The van der Waals surface area contributed by atoms with Crippen molar-refractivity contribution in [3.63, 3.8) is 0 Å². The highest BCUT2D eigenvalue weighted by atomic mass is 35.5. The SMILES string of the molecule is O=C(CCNc1ccc(Cl)cc1)N1CCN(c2ccccc2F)CC1. The summed E-state index contributed by atoms with van der Waals surface area (Å²) in [5.41, 5.74) is 1.56. The third-order valence-corrected chi connectivity index (χ3v) is 4.59. The largest absolute Gasteiger partial charge is 0.385 e. The summed E-state index contributed by atoms with van der Waals surface area (Å²) in [7, 11) is 0. The first-order valence-corrected chi connectivity index (χ1v) is 8.78. The van der Waals surface area contributed by atoms with Gasteiger partial charge in [0.05, 0.1) is 5.69 Å². The summed E-state index contributed by atoms with van der Waals surface area (Å²) in [6.45, 7) is 3.12. The van der Waals surface area contributed by atoms with Crippen LogP contribution in [-0.2, 0) is 4.79 Å². The minimum Gasteiger partial charge on any atom is -0.385 e. The average Bonchev–Trinajstić information content (AvgIpc) is 2.64. The van der Waals surface area contributed by atoms with E-state index in [2.05, 4.69) is 5.32 Å². The molecule has 1 fully saturated rings. The van der Waals surface area contributed by atoms with E-state index in [1.54, 1.807) is 12.1 Å². The van der Waals surface area contributed by atoms with Gasteiger partial charge in [-0.2, -0.15) is 0 Å². The smallest absolute Gasteiger partial charge is 0.224 e. The van der Waals surface area contributed by atoms with Crippen LogP contribution in [0.4, 0.5) is 15.8 Å². The van der Waals surface area contributed by atoms with Crippen LogP contribution < -0.4 is 10.2 Å². The number of amides is 1. The minimum absolute atomic E-state index is 0.120. The summed E-state index contributed by atoms with van der Waals surface area (Å²) in [6, 6.07) is 14.2. The molecule has 1 saturated heterocycles. The molecular formula is C19H21ClFN3O. The molecule has 1 amide bonds. The fourth-order valence-corrected chi connectivity index (χ4v) is 3.07. The van der Waals surface area contributed by atoms with Gasteiger partial charge in [0.2, 0.25) is 5.91 Å². The van der Waals surface area contributed by atoms with Crippen molar-refractivity contribution in [1.82, 2.24) is 4.90 Å². The van der Waals surface area contributed by atoms with Gasteiger partial charge in [-0.25, -0.2) is 4.39 Å². The summed E-state index contributed by atoms with van der Waals surface area (Å²) >= 11 is 5.85. The van der Waals surface area contributed by atoms with Crippen molar-refractivity contribution < 1.29 is 9.18 Å². The van der Waals surface area contributed by atoms with Gasteiger partial charge in [0.1, 0.15) is 5.82 Å². The van der Waals surface area contributed by atoms with Crippen molar-refractivity contribution in [2.75, 3.05) is 42.9 Å². The standard InChI is InChI=1S/C19H21ClFN3O/c20-15-5-7-16(8-6-15)22-10-9-19(25)24-13-11-23(12-14-24)18-4-2-1-3-17(18)21/h1-8,22H,9-14H2. The van der Waals surface area contributed by atoms with Crippen LogP contribution in [0.15, 0.2) is 48.5 Å². The fourth-order valence-electron chi connectivity index (χ4n) is 2.94. The average molecular weight is 362 g/mol. The molecule has 1 aliphatic heterocycles. The number of piperazine rings is 1. The van der Waals surface area contributed by atoms with Crippen LogP contribution in [-0.4, -0.2) is 43.5 Å². The van der Waals surface area contributed by atoms with Crippen LogP contribution in [0.25, 0.3) is 0 Å². The molecule has 0 unspecified atom stereocenters. The maximum atomic E-state index is 13.8. The molecule has 0 spiro atoms. The Bertz CT molecular complexity index is 715. The van der Waals surface area contributed by atoms with Crippen LogP contribution in [0.3, 0.4) is 0 Å². The number of nitrogens with zero attached hydrogens (tertiary/aromatic N) is 2. The van der Waals surface area contributed by atoms with Gasteiger partial charge in [-0.3, -0.25) is 4.79 Å². The van der Waals surface area contributed by atoms with Crippen molar-refractivity contribution in [2.45, 2.75) is 6.42 Å². The normalized spacial score (nSPS) is 14.5. The minimum atomic E-state index is -0.213. The van der Waals surface area contributed by atoms with Crippen LogP contribution >= 0.6 is 11.6 Å². The second-order valence-electron chi connectivity index (χ2n) is 6.00. The monoisotopic (exact) mass is 361 g/mol. The molecule has 2 aromatic carbocycles. The molecule has 3 rings (SSSR count). The van der Waals surface area contributed by atoms with Crippen molar-refractivity contribution >= 4 is 28.9 Å². The Labute approximate surface area is 152 Å². The molecular weight excluding hydrogens is 341 g/mol. The highest BCUT2D eigenvalue weighted by Gasteiger charge is 2.22. The van der Waals surface area contributed by atoms with Gasteiger partial charge in [0.25, 0.3) is 0 Å². The zero-order chi connectivity index (χ0) is 17.6. The van der Waals surface area contributed by atoms with E-state index in [1.165, 1.54) is 6.07 Å². The van der Waals surface area contributed by atoms with Gasteiger partial charge in [-0.15, -0.1) is 0 Å². The molecule has 0 atom stereocenters. The zero-order valence-corrected chi connectivity index (χ0v) is 14.7. The second-order valence-corrected chi connectivity index (χ2v) is 6.44. The molecule has 1 aliphatic rings. The summed E-state index contributed by atoms with van der Waals surface area (Å²) in [5, 5.41) is 3.91. The fraction of sp³-hybridized carbons (Fsp3) is 0.316. The van der Waals surface area contributed by atoms with E-state index in [0.717, 1.165) is 5.69 Å². The van der Waals surface area contributed by atoms with E-state index in [-0.39, 0.29) is 11.7 Å². The van der Waals surface area contributed by atoms with Gasteiger partial charge in [-0.05, 0) is 36.4 Å². The van der Waals surface area contributed by atoms with Crippen molar-refractivity contribution in [2.24, 2.45) is 0 Å². The third-order valence-electron chi connectivity index (χ3n) is 4.34. The number of hydrogen-bond donors (Lipinski definition) is 1. The lowest BCUT2D eigenvalue weighted by Crippen LogP contribution is -2.49. The Balaban J connectivity index is 1.44. The number of para-hydroxylation sites is 1. The summed E-state index contributed by atoms with van der Waals surface area (Å²) in [4.78, 5) is 16.2. The van der Waals surface area contributed by atoms with Gasteiger partial charge in [0, 0.05) is 49.9 Å². The Hall–Kier alpha value is -2.27. The maximum absolute atomic E-state index is 13.8. The topological polar surface area (TPSA) is 35.6 Å². The molecule has 132 valence electrons. The Kier molecular flexibility index (Phi) is 5.76. The lowest BCUT2D eigenvalue weighted by molar-refractivity contribution is -0.131. The van der Waals surface area contributed by atoms with Crippen LogP contribution in [0.1, 0.15) is 6.42 Å². The molecule has 0 saturated carbocycles. The number of carbonyl (C=O) groups is 1. The number of hydrogen-bond acceptors (Lipinski definition) is 3. The van der Waals surface area contributed by atoms with Crippen LogP contribution in [0, 0.1) is 5.82 Å². The van der Waals surface area contributed by atoms with E-state index in [1.807, 2.05) is 40.1 Å². The molecule has 0 bridgehead atoms. The first-order valence-electron chi connectivity index (χ1n) is 8.40. The zero-order valence-electron chi connectivity index (χ0n) is 13.9. The molecule has 0 radical (unpaired) electrons. The van der Waals surface area contributed by atoms with Gasteiger partial charge in [-0.1, -0.05) is 23.7 Å². The Morgan fingerprint density at radius 2 is 1.72 bits per heavy atom. The molecule has 1 heterocycles. The molecule has 25 heavy (non-hydrogen) atoms. The maximum Gasteiger partial charge on any atom is 0.224 e. The number of rotatable bonds is 5. The van der Waals surface area contributed by atoms with Gasteiger partial charge < -0.3 is 15.1 Å². The highest BCUT2D eigenvalue weighted by Crippen LogP contribution is 2.20. The lowest BCUT2D eigenvalue weighted by Gasteiger charge is -2.36. The molecule has 4 nitrogen and oxygen atoms in total. The molecule has 0 aromatic heterocycles. The number of halogens is 2. The predicted molar refractivity (Wildman–Crippen MR) is 99.8 cm³/mol. The number of carbonyl (C=O) groups excluding carboxylic acids is 1. The van der Waals surface area contributed by atoms with Crippen LogP contribution in [0.2, 0.25) is 5.02 Å². The van der Waals surface area contributed by atoms with Gasteiger partial charge >= 0.3 is 0 Å². The molecule has 0 aliphatic carbocycles. The first kappa shape index (κ1) is 17.5. The Morgan fingerprint density at radius 3 is 2.40 bits per heavy atom. The quantitative estimate of drug-likeness (QED) is 0.883. The highest BCUT2D eigenvalue weighted by molar-refractivity contribution is 6.30. The summed E-state index contributed by atoms with van der Waals surface area (Å²) in [5.74, 6) is -0.0934. The van der Waals surface area contributed by atoms with Crippen LogP contribution in [0.5, 0.6) is 0 Å². The van der Waals surface area contributed by atoms with Crippen molar-refractivity contribution in [1.29, 1.82) is 0 Å². The summed E-state index contributed by atoms with van der Waals surface area (Å²) in [6.07, 6.45) is 0.433. The van der Waals surface area contributed by atoms with E-state index in [9.17, 15) is 9.18 Å². The van der Waals surface area contributed by atoms with E-state index in [4.69, 9.17) is 11.6 Å². The van der Waals surface area contributed by atoms with E-state index in [0.29, 0.717) is 49.9 Å². The predicted octanol–water partition coefficient (Wildman–Crippen LogP) is 3.63. The van der Waals surface area contributed by atoms with E-state index >= 15 is 0 Å². The summed E-state index contributed by atoms with van der Waals surface area (Å²) < 4.78 is 13.8. The third kappa shape index (κ3) is 4.63. The van der Waals surface area contributed by atoms with Crippen molar-refractivity contribution in [3.05, 3.63) is 59.4 Å². The number of anilines is 2. The number of benzene rings is 2. The molecule has 1 N–H and O–H groups in total. The molecule has 6 heteroatoms. The molecule has 2 aromatic rings. The number of nitrogens with one attached hydrogen (secondary N) is 1. The van der Waals surface area contributed by atoms with E-state index < -0.39 is 0 Å². The Morgan fingerprint density at radius 1 is 1.04 bits per heavy atom. The van der Waals surface area contributed by atoms with Gasteiger partial charge in [0.15, 0.2) is 0 Å². The second kappa shape index (κ2) is 8.21. The first-order chi connectivity index (χ1) is 12.1.